The van der Waals surface area contributed by atoms with E-state index in [1.165, 1.54) is 0 Å². The van der Waals surface area contributed by atoms with Crippen LogP contribution in [0.2, 0.25) is 0 Å². The standard InChI is InChI=1S/C15H20N4O/c1-11-5-6-14(16-2)13(7-11)15(20)18(3)9-12-8-17-19(4)10-12/h5-8,10,16H,9H2,1-4H3. The van der Waals surface area contributed by atoms with Crippen LogP contribution in [0.3, 0.4) is 0 Å². The Morgan fingerprint density at radius 1 is 1.45 bits per heavy atom. The predicted octanol–water partition coefficient (Wildman–Crippen LogP) is 2.04. The molecule has 1 aromatic carbocycles. The molecule has 5 heteroatoms. The van der Waals surface area contributed by atoms with E-state index in [9.17, 15) is 4.79 Å². The number of hydrogen-bond acceptors (Lipinski definition) is 3. The summed E-state index contributed by atoms with van der Waals surface area (Å²) in [5.41, 5.74) is 3.63. The number of nitrogens with one attached hydrogen (secondary N) is 1. The maximum absolute atomic E-state index is 12.5. The van der Waals surface area contributed by atoms with Gasteiger partial charge in [-0.3, -0.25) is 9.48 Å². The Morgan fingerprint density at radius 2 is 2.20 bits per heavy atom. The first-order chi connectivity index (χ1) is 9.51. The zero-order valence-corrected chi connectivity index (χ0v) is 12.3. The van der Waals surface area contributed by atoms with Crippen molar-refractivity contribution >= 4 is 11.6 Å². The molecule has 2 aromatic rings. The van der Waals surface area contributed by atoms with E-state index in [4.69, 9.17) is 0 Å². The molecule has 5 nitrogen and oxygen atoms in total. The average molecular weight is 272 g/mol. The first-order valence-electron chi connectivity index (χ1n) is 6.52. The highest BCUT2D eigenvalue weighted by Crippen LogP contribution is 2.19. The Morgan fingerprint density at radius 3 is 2.80 bits per heavy atom. The highest BCUT2D eigenvalue weighted by molar-refractivity contribution is 5.99. The fourth-order valence-electron chi connectivity index (χ4n) is 2.16. The van der Waals surface area contributed by atoms with E-state index < -0.39 is 0 Å². The number of rotatable bonds is 4. The van der Waals surface area contributed by atoms with Gasteiger partial charge in [0.15, 0.2) is 0 Å². The second-order valence-corrected chi connectivity index (χ2v) is 4.98. The highest BCUT2D eigenvalue weighted by atomic mass is 16.2. The van der Waals surface area contributed by atoms with Gasteiger partial charge in [0.25, 0.3) is 5.91 Å². The summed E-state index contributed by atoms with van der Waals surface area (Å²) in [6, 6.07) is 5.83. The minimum Gasteiger partial charge on any atom is -0.387 e. The fraction of sp³-hybridized carbons (Fsp3) is 0.333. The molecule has 2 rings (SSSR count). The molecule has 0 atom stereocenters. The van der Waals surface area contributed by atoms with E-state index in [0.29, 0.717) is 12.1 Å². The normalized spacial score (nSPS) is 10.4. The van der Waals surface area contributed by atoms with Crippen LogP contribution in [-0.4, -0.2) is 34.7 Å². The highest BCUT2D eigenvalue weighted by Gasteiger charge is 2.16. The molecule has 1 N–H and O–H groups in total. The van der Waals surface area contributed by atoms with Gasteiger partial charge in [-0.15, -0.1) is 0 Å². The lowest BCUT2D eigenvalue weighted by molar-refractivity contribution is 0.0786. The monoisotopic (exact) mass is 272 g/mol. The molecule has 0 aliphatic heterocycles. The van der Waals surface area contributed by atoms with Gasteiger partial charge in [0.2, 0.25) is 0 Å². The minimum atomic E-state index is 0.00176. The lowest BCUT2D eigenvalue weighted by Gasteiger charge is -2.18. The molecule has 20 heavy (non-hydrogen) atoms. The number of hydrogen-bond donors (Lipinski definition) is 1. The number of aromatic nitrogens is 2. The molecule has 0 saturated heterocycles. The van der Waals surface area contributed by atoms with E-state index in [1.54, 1.807) is 22.8 Å². The van der Waals surface area contributed by atoms with Crippen molar-refractivity contribution in [1.29, 1.82) is 0 Å². The van der Waals surface area contributed by atoms with E-state index in [1.807, 2.05) is 45.4 Å². The van der Waals surface area contributed by atoms with Crippen LogP contribution in [0.15, 0.2) is 30.6 Å². The molecule has 0 bridgehead atoms. The number of carbonyl (C=O) groups excluding carboxylic acids is 1. The van der Waals surface area contributed by atoms with Gasteiger partial charge in [0.05, 0.1) is 11.8 Å². The van der Waals surface area contributed by atoms with Crippen LogP contribution in [0.4, 0.5) is 5.69 Å². The number of anilines is 1. The van der Waals surface area contributed by atoms with Crippen molar-refractivity contribution in [2.24, 2.45) is 7.05 Å². The van der Waals surface area contributed by atoms with Crippen molar-refractivity contribution in [3.05, 3.63) is 47.3 Å². The van der Waals surface area contributed by atoms with E-state index in [-0.39, 0.29) is 5.91 Å². The topological polar surface area (TPSA) is 50.2 Å². The maximum Gasteiger partial charge on any atom is 0.256 e. The summed E-state index contributed by atoms with van der Waals surface area (Å²) in [4.78, 5) is 14.2. The van der Waals surface area contributed by atoms with Crippen LogP contribution in [0.1, 0.15) is 21.5 Å². The van der Waals surface area contributed by atoms with Gasteiger partial charge in [0.1, 0.15) is 0 Å². The molecule has 0 saturated carbocycles. The third-order valence-electron chi connectivity index (χ3n) is 3.20. The van der Waals surface area contributed by atoms with Gasteiger partial charge in [-0.25, -0.2) is 0 Å². The summed E-state index contributed by atoms with van der Waals surface area (Å²) in [6.07, 6.45) is 3.69. The van der Waals surface area contributed by atoms with Gasteiger partial charge >= 0.3 is 0 Å². The SMILES string of the molecule is CNc1ccc(C)cc1C(=O)N(C)Cc1cnn(C)c1. The third-order valence-corrected chi connectivity index (χ3v) is 3.20. The molecular weight excluding hydrogens is 252 g/mol. The quantitative estimate of drug-likeness (QED) is 0.926. The van der Waals surface area contributed by atoms with Crippen molar-refractivity contribution in [2.45, 2.75) is 13.5 Å². The van der Waals surface area contributed by atoms with Crippen molar-refractivity contribution in [3.8, 4) is 0 Å². The maximum atomic E-state index is 12.5. The van der Waals surface area contributed by atoms with Crippen molar-refractivity contribution in [1.82, 2.24) is 14.7 Å². The minimum absolute atomic E-state index is 0.00176. The molecule has 0 spiro atoms. The Labute approximate surface area is 119 Å². The molecule has 0 aliphatic carbocycles. The van der Waals surface area contributed by atoms with Crippen LogP contribution < -0.4 is 5.32 Å². The molecule has 1 amide bonds. The summed E-state index contributed by atoms with van der Waals surface area (Å²) in [6.45, 7) is 2.53. The lowest BCUT2D eigenvalue weighted by atomic mass is 10.1. The van der Waals surface area contributed by atoms with Crippen LogP contribution in [0, 0.1) is 6.92 Å². The molecule has 0 unspecified atom stereocenters. The van der Waals surface area contributed by atoms with E-state index >= 15 is 0 Å². The first kappa shape index (κ1) is 14.1. The summed E-state index contributed by atoms with van der Waals surface area (Å²) in [5.74, 6) is 0.00176. The molecule has 0 radical (unpaired) electrons. The van der Waals surface area contributed by atoms with Crippen molar-refractivity contribution in [3.63, 3.8) is 0 Å². The van der Waals surface area contributed by atoms with Crippen LogP contribution in [-0.2, 0) is 13.6 Å². The molecular formula is C15H20N4O. The van der Waals surface area contributed by atoms with Crippen molar-refractivity contribution < 1.29 is 4.79 Å². The number of nitrogens with zero attached hydrogens (tertiary/aromatic N) is 3. The number of carbonyl (C=O) groups is 1. The second kappa shape index (κ2) is 5.77. The third kappa shape index (κ3) is 2.99. The molecule has 1 heterocycles. The molecule has 0 fully saturated rings. The van der Waals surface area contributed by atoms with Crippen LogP contribution in [0.25, 0.3) is 0 Å². The van der Waals surface area contributed by atoms with Gasteiger partial charge in [-0.05, 0) is 19.1 Å². The average Bonchev–Trinajstić information content (AvgIpc) is 2.83. The van der Waals surface area contributed by atoms with Gasteiger partial charge in [-0.2, -0.15) is 5.10 Å². The Bertz CT molecular complexity index is 618. The van der Waals surface area contributed by atoms with E-state index in [0.717, 1.165) is 16.8 Å². The second-order valence-electron chi connectivity index (χ2n) is 4.98. The smallest absolute Gasteiger partial charge is 0.256 e. The molecule has 0 aliphatic rings. The molecule has 1 aromatic heterocycles. The Hall–Kier alpha value is -2.30. The fourth-order valence-corrected chi connectivity index (χ4v) is 2.16. The molecule has 106 valence electrons. The summed E-state index contributed by atoms with van der Waals surface area (Å²) in [7, 11) is 5.49. The zero-order chi connectivity index (χ0) is 14.7. The van der Waals surface area contributed by atoms with Crippen molar-refractivity contribution in [2.75, 3.05) is 19.4 Å². The van der Waals surface area contributed by atoms with Crippen LogP contribution in [0.5, 0.6) is 0 Å². The summed E-state index contributed by atoms with van der Waals surface area (Å²) >= 11 is 0. The zero-order valence-electron chi connectivity index (χ0n) is 12.3. The first-order valence-corrected chi connectivity index (χ1v) is 6.52. The summed E-state index contributed by atoms with van der Waals surface area (Å²) < 4.78 is 1.74. The van der Waals surface area contributed by atoms with E-state index in [2.05, 4.69) is 10.4 Å². The number of aryl methyl sites for hydroxylation is 2. The Kier molecular flexibility index (Phi) is 4.08. The van der Waals surface area contributed by atoms with Gasteiger partial charge < -0.3 is 10.2 Å². The van der Waals surface area contributed by atoms with Gasteiger partial charge in [-0.1, -0.05) is 11.6 Å². The number of benzene rings is 1. The largest absolute Gasteiger partial charge is 0.387 e. The predicted molar refractivity (Wildman–Crippen MR) is 79.7 cm³/mol. The van der Waals surface area contributed by atoms with Crippen LogP contribution >= 0.6 is 0 Å². The lowest BCUT2D eigenvalue weighted by Crippen LogP contribution is -2.26. The summed E-state index contributed by atoms with van der Waals surface area (Å²) in [5, 5.41) is 7.18. The Balaban J connectivity index is 2.20. The van der Waals surface area contributed by atoms with Gasteiger partial charge in [0, 0.05) is 45.1 Å². The number of amides is 1.